The molecule has 0 spiro atoms. The van der Waals surface area contributed by atoms with Gasteiger partial charge in [-0.3, -0.25) is 0 Å². The molecule has 0 aliphatic rings. The third-order valence-electron chi connectivity index (χ3n) is 3.08. The van der Waals surface area contributed by atoms with E-state index in [4.69, 9.17) is 0 Å². The van der Waals surface area contributed by atoms with Crippen LogP contribution in [0, 0.1) is 0 Å². The number of hydrogen-bond acceptors (Lipinski definition) is 1. The number of nitrogens with zero attached hydrogens (tertiary/aromatic N) is 2. The summed E-state index contributed by atoms with van der Waals surface area (Å²) in [6, 6.07) is 7.27. The third-order valence-corrected chi connectivity index (χ3v) is 3.08. The van der Waals surface area contributed by atoms with E-state index in [1.54, 1.807) is 4.57 Å². The second-order valence-corrected chi connectivity index (χ2v) is 4.40. The van der Waals surface area contributed by atoms with E-state index in [2.05, 4.69) is 4.57 Å². The molecule has 1 N–H and O–H groups in total. The lowest BCUT2D eigenvalue weighted by atomic mass is 10.1. The van der Waals surface area contributed by atoms with Crippen LogP contribution in [0.5, 0.6) is 0 Å². The first kappa shape index (κ1) is 12.5. The lowest BCUT2D eigenvalue weighted by Gasteiger charge is -2.14. The Morgan fingerprint density at radius 1 is 1.00 bits per heavy atom. The van der Waals surface area contributed by atoms with Crippen LogP contribution in [0.4, 0.5) is 0 Å². The number of carbonyl (C=O) groups is 1. The van der Waals surface area contributed by atoms with Gasteiger partial charge in [-0.25, -0.2) is 4.79 Å². The van der Waals surface area contributed by atoms with Gasteiger partial charge >= 0.3 is 5.97 Å². The lowest BCUT2D eigenvalue weighted by Crippen LogP contribution is -2.17. The molecule has 0 bridgehead atoms. The van der Waals surface area contributed by atoms with Crippen molar-refractivity contribution >= 4 is 5.97 Å². The average Bonchev–Trinajstić information content (AvgIpc) is 3.00. The molecule has 0 aliphatic carbocycles. The van der Waals surface area contributed by atoms with E-state index in [9.17, 15) is 9.90 Å². The Hall–Kier alpha value is -1.97. The molecule has 0 radical (unpaired) electrons. The second-order valence-electron chi connectivity index (χ2n) is 4.40. The Morgan fingerprint density at radius 2 is 1.61 bits per heavy atom. The van der Waals surface area contributed by atoms with Gasteiger partial charge in [0.25, 0.3) is 0 Å². The topological polar surface area (TPSA) is 47.2 Å². The number of rotatable bonds is 7. The van der Waals surface area contributed by atoms with E-state index in [1.165, 1.54) is 0 Å². The first-order valence-corrected chi connectivity index (χ1v) is 6.23. The number of aryl methyl sites for hydroxylation is 1. The highest BCUT2D eigenvalue weighted by Gasteiger charge is 2.17. The smallest absolute Gasteiger partial charge is 0.326 e. The number of aliphatic carboxylic acids is 1. The van der Waals surface area contributed by atoms with Crippen molar-refractivity contribution in [1.82, 2.24) is 9.13 Å². The molecular formula is C14H18N2O2. The van der Waals surface area contributed by atoms with E-state index in [1.807, 2.05) is 49.1 Å². The standard InChI is InChI=1S/C14H18N2O2/c17-14(18)13(16-11-5-6-12-16)7-1-2-8-15-9-3-4-10-15/h3-6,9-13H,1-2,7-8H2,(H,17,18)/t13-/m0/s1. The summed E-state index contributed by atoms with van der Waals surface area (Å²) in [7, 11) is 0. The Balaban J connectivity index is 1.78. The molecular weight excluding hydrogens is 228 g/mol. The molecule has 4 nitrogen and oxygen atoms in total. The van der Waals surface area contributed by atoms with Gasteiger partial charge in [0.15, 0.2) is 0 Å². The predicted molar refractivity (Wildman–Crippen MR) is 69.4 cm³/mol. The van der Waals surface area contributed by atoms with E-state index >= 15 is 0 Å². The molecule has 18 heavy (non-hydrogen) atoms. The van der Waals surface area contributed by atoms with E-state index in [-0.39, 0.29) is 0 Å². The van der Waals surface area contributed by atoms with Gasteiger partial charge in [-0.1, -0.05) is 0 Å². The van der Waals surface area contributed by atoms with Gasteiger partial charge in [0.05, 0.1) is 0 Å². The minimum absolute atomic E-state index is 0.440. The zero-order valence-corrected chi connectivity index (χ0v) is 10.3. The zero-order valence-electron chi connectivity index (χ0n) is 10.3. The third kappa shape index (κ3) is 3.26. The maximum atomic E-state index is 11.2. The van der Waals surface area contributed by atoms with Crippen LogP contribution in [-0.4, -0.2) is 20.2 Å². The van der Waals surface area contributed by atoms with E-state index in [0.717, 1.165) is 19.4 Å². The number of unbranched alkanes of at least 4 members (excludes halogenated alkanes) is 1. The van der Waals surface area contributed by atoms with Gasteiger partial charge in [0.1, 0.15) is 6.04 Å². The molecule has 4 heteroatoms. The van der Waals surface area contributed by atoms with Crippen molar-refractivity contribution in [2.75, 3.05) is 0 Å². The van der Waals surface area contributed by atoms with Crippen LogP contribution in [0.25, 0.3) is 0 Å². The van der Waals surface area contributed by atoms with Gasteiger partial charge in [-0.15, -0.1) is 0 Å². The van der Waals surface area contributed by atoms with Crippen LogP contribution in [0.3, 0.4) is 0 Å². The summed E-state index contributed by atoms with van der Waals surface area (Å²) in [5.41, 5.74) is 0. The SMILES string of the molecule is O=C(O)[C@H](CCCCn1cccc1)n1cccc1. The second kappa shape index (κ2) is 6.10. The Morgan fingerprint density at radius 3 is 2.22 bits per heavy atom. The molecule has 0 saturated carbocycles. The Bertz CT molecular complexity index is 460. The van der Waals surface area contributed by atoms with Gasteiger partial charge in [-0.05, 0) is 43.5 Å². The molecule has 2 rings (SSSR count). The molecule has 0 fully saturated rings. The van der Waals surface area contributed by atoms with Crippen LogP contribution in [0.2, 0.25) is 0 Å². The first-order valence-electron chi connectivity index (χ1n) is 6.23. The lowest BCUT2D eigenvalue weighted by molar-refractivity contribution is -0.141. The fraction of sp³-hybridized carbons (Fsp3) is 0.357. The van der Waals surface area contributed by atoms with Gasteiger partial charge in [0.2, 0.25) is 0 Å². The highest BCUT2D eigenvalue weighted by atomic mass is 16.4. The minimum Gasteiger partial charge on any atom is -0.480 e. The molecule has 0 unspecified atom stereocenters. The fourth-order valence-corrected chi connectivity index (χ4v) is 2.11. The molecule has 0 saturated heterocycles. The molecule has 2 heterocycles. The van der Waals surface area contributed by atoms with Crippen molar-refractivity contribution in [3.8, 4) is 0 Å². The quantitative estimate of drug-likeness (QED) is 0.764. The summed E-state index contributed by atoms with van der Waals surface area (Å²) >= 11 is 0. The zero-order chi connectivity index (χ0) is 12.8. The maximum absolute atomic E-state index is 11.2. The molecule has 1 atom stereocenters. The summed E-state index contributed by atoms with van der Waals surface area (Å²) in [4.78, 5) is 11.2. The van der Waals surface area contributed by atoms with Crippen LogP contribution in [0.15, 0.2) is 49.1 Å². The van der Waals surface area contributed by atoms with Crippen molar-refractivity contribution < 1.29 is 9.90 Å². The first-order chi connectivity index (χ1) is 8.77. The number of carboxylic acids is 1. The maximum Gasteiger partial charge on any atom is 0.326 e. The summed E-state index contributed by atoms with van der Waals surface area (Å²) in [6.45, 7) is 0.949. The molecule has 2 aromatic heterocycles. The minimum atomic E-state index is -0.757. The van der Waals surface area contributed by atoms with Crippen LogP contribution < -0.4 is 0 Å². The van der Waals surface area contributed by atoms with Crippen molar-refractivity contribution in [2.45, 2.75) is 31.8 Å². The van der Waals surface area contributed by atoms with Gasteiger partial charge < -0.3 is 14.2 Å². The summed E-state index contributed by atoms with van der Waals surface area (Å²) in [5, 5.41) is 9.20. The molecule has 0 aromatic carbocycles. The normalized spacial score (nSPS) is 12.4. The predicted octanol–water partition coefficient (Wildman–Crippen LogP) is 2.79. The highest BCUT2D eigenvalue weighted by Crippen LogP contribution is 2.16. The van der Waals surface area contributed by atoms with Crippen molar-refractivity contribution in [3.05, 3.63) is 49.1 Å². The van der Waals surface area contributed by atoms with Crippen LogP contribution in [0.1, 0.15) is 25.3 Å². The monoisotopic (exact) mass is 246 g/mol. The Kier molecular flexibility index (Phi) is 4.23. The number of carboxylic acid groups (broad SMARTS) is 1. The van der Waals surface area contributed by atoms with Crippen LogP contribution >= 0.6 is 0 Å². The molecule has 96 valence electrons. The van der Waals surface area contributed by atoms with E-state index in [0.29, 0.717) is 6.42 Å². The van der Waals surface area contributed by atoms with Gasteiger partial charge in [0, 0.05) is 31.3 Å². The number of hydrogen-bond donors (Lipinski definition) is 1. The fourth-order valence-electron chi connectivity index (χ4n) is 2.11. The van der Waals surface area contributed by atoms with Crippen molar-refractivity contribution in [3.63, 3.8) is 0 Å². The Labute approximate surface area is 106 Å². The summed E-state index contributed by atoms with van der Waals surface area (Å²) < 4.78 is 3.88. The number of aromatic nitrogens is 2. The average molecular weight is 246 g/mol. The van der Waals surface area contributed by atoms with Crippen molar-refractivity contribution in [2.24, 2.45) is 0 Å². The summed E-state index contributed by atoms with van der Waals surface area (Å²) in [6.07, 6.45) is 10.3. The van der Waals surface area contributed by atoms with Crippen molar-refractivity contribution in [1.29, 1.82) is 0 Å². The largest absolute Gasteiger partial charge is 0.480 e. The summed E-state index contributed by atoms with van der Waals surface area (Å²) in [5.74, 6) is -0.757. The molecule has 0 amide bonds. The van der Waals surface area contributed by atoms with Crippen LogP contribution in [-0.2, 0) is 11.3 Å². The van der Waals surface area contributed by atoms with E-state index < -0.39 is 12.0 Å². The molecule has 0 aliphatic heterocycles. The van der Waals surface area contributed by atoms with Gasteiger partial charge in [-0.2, -0.15) is 0 Å². The highest BCUT2D eigenvalue weighted by molar-refractivity contribution is 5.71. The molecule has 2 aromatic rings.